The van der Waals surface area contributed by atoms with E-state index in [9.17, 15) is 18.3 Å². The third kappa shape index (κ3) is 9.71. The normalized spacial score (nSPS) is 14.3. The number of nitrogens with zero attached hydrogens (tertiary/aromatic N) is 2. The van der Waals surface area contributed by atoms with Crippen LogP contribution in [0.1, 0.15) is 40.0 Å². The van der Waals surface area contributed by atoms with E-state index in [-0.39, 0.29) is 23.2 Å². The van der Waals surface area contributed by atoms with Crippen molar-refractivity contribution in [3.05, 3.63) is 78.9 Å². The van der Waals surface area contributed by atoms with Crippen molar-refractivity contribution in [3.8, 4) is 28.4 Å². The number of piperazine rings is 1. The topological polar surface area (TPSA) is 106 Å². The molecule has 5 rings (SSSR count). The SMILES string of the molecule is CC(C)(C)OC(=O)COCCCCCN1CCN(c2ccc(Oc3c(-c4ccc(S(C)(=O)=O)cc4)ccc4cc(O)ccc34)cc2)CC1. The van der Waals surface area contributed by atoms with E-state index in [1.165, 1.54) is 6.26 Å². The molecule has 0 unspecified atom stereocenters. The van der Waals surface area contributed by atoms with Crippen LogP contribution in [0.15, 0.2) is 83.8 Å². The Hall–Kier alpha value is -4.12. The maximum atomic E-state index is 12.0. The number of rotatable bonds is 13. The number of anilines is 1. The average molecular weight is 675 g/mol. The van der Waals surface area contributed by atoms with E-state index < -0.39 is 15.4 Å². The molecule has 1 aliphatic heterocycles. The maximum Gasteiger partial charge on any atom is 0.332 e. The van der Waals surface area contributed by atoms with Crippen LogP contribution in [0.2, 0.25) is 0 Å². The quantitative estimate of drug-likeness (QED) is 0.118. The molecule has 0 aliphatic carbocycles. The van der Waals surface area contributed by atoms with Crippen molar-refractivity contribution in [3.63, 3.8) is 0 Å². The second-order valence-electron chi connectivity index (χ2n) is 13.3. The minimum absolute atomic E-state index is 0.00525. The molecule has 0 aromatic heterocycles. The van der Waals surface area contributed by atoms with Gasteiger partial charge >= 0.3 is 5.97 Å². The van der Waals surface area contributed by atoms with Crippen LogP contribution < -0.4 is 9.64 Å². The molecule has 1 saturated heterocycles. The number of sulfone groups is 1. The van der Waals surface area contributed by atoms with Crippen molar-refractivity contribution in [2.75, 3.05) is 57.1 Å². The first kappa shape index (κ1) is 35.2. The molecule has 0 saturated carbocycles. The molecule has 0 radical (unpaired) electrons. The molecule has 1 heterocycles. The highest BCUT2D eigenvalue weighted by Gasteiger charge is 2.19. The summed E-state index contributed by atoms with van der Waals surface area (Å²) < 4.78 is 41.3. The van der Waals surface area contributed by atoms with Crippen LogP contribution in [0.4, 0.5) is 5.69 Å². The fourth-order valence-electron chi connectivity index (χ4n) is 5.82. The number of benzene rings is 4. The minimum atomic E-state index is -3.31. The molecule has 1 N–H and O–H groups in total. The minimum Gasteiger partial charge on any atom is -0.508 e. The molecule has 0 atom stereocenters. The van der Waals surface area contributed by atoms with Gasteiger partial charge in [-0.15, -0.1) is 0 Å². The maximum absolute atomic E-state index is 12.0. The van der Waals surface area contributed by atoms with E-state index in [0.29, 0.717) is 18.1 Å². The van der Waals surface area contributed by atoms with Gasteiger partial charge in [-0.25, -0.2) is 13.2 Å². The molecule has 10 heteroatoms. The van der Waals surface area contributed by atoms with E-state index in [4.69, 9.17) is 14.2 Å². The second-order valence-corrected chi connectivity index (χ2v) is 15.3. The highest BCUT2D eigenvalue weighted by Crippen LogP contribution is 2.41. The summed E-state index contributed by atoms with van der Waals surface area (Å²) in [6, 6.07) is 23.9. The number of esters is 1. The largest absolute Gasteiger partial charge is 0.508 e. The zero-order chi connectivity index (χ0) is 34.3. The third-order valence-electron chi connectivity index (χ3n) is 8.24. The first-order chi connectivity index (χ1) is 22.9. The van der Waals surface area contributed by atoms with Crippen LogP contribution in [-0.4, -0.2) is 82.2 Å². The zero-order valence-electron chi connectivity index (χ0n) is 28.3. The Balaban J connectivity index is 1.14. The molecule has 0 spiro atoms. The van der Waals surface area contributed by atoms with Gasteiger partial charge in [-0.05, 0) is 118 Å². The Kier molecular flexibility index (Phi) is 11.3. The Morgan fingerprint density at radius 3 is 2.23 bits per heavy atom. The predicted molar refractivity (Wildman–Crippen MR) is 190 cm³/mol. The number of ether oxygens (including phenoxy) is 3. The van der Waals surface area contributed by atoms with Crippen molar-refractivity contribution in [2.45, 2.75) is 50.5 Å². The summed E-state index contributed by atoms with van der Waals surface area (Å²) in [5, 5.41) is 11.8. The molecule has 48 heavy (non-hydrogen) atoms. The third-order valence-corrected chi connectivity index (χ3v) is 9.37. The molecular formula is C38H46N2O7S. The Labute approximate surface area is 284 Å². The summed E-state index contributed by atoms with van der Waals surface area (Å²) in [5.41, 5.74) is 2.30. The van der Waals surface area contributed by atoms with Crippen LogP contribution in [0, 0.1) is 0 Å². The number of hydrogen-bond acceptors (Lipinski definition) is 9. The summed E-state index contributed by atoms with van der Waals surface area (Å²) >= 11 is 0. The van der Waals surface area contributed by atoms with Gasteiger partial charge in [0, 0.05) is 55.7 Å². The first-order valence-electron chi connectivity index (χ1n) is 16.5. The fraction of sp³-hybridized carbons (Fsp3) is 0.395. The van der Waals surface area contributed by atoms with Gasteiger partial charge < -0.3 is 24.2 Å². The van der Waals surface area contributed by atoms with Gasteiger partial charge in [0.2, 0.25) is 0 Å². The summed E-state index contributed by atoms with van der Waals surface area (Å²) in [6.07, 6.45) is 4.28. The van der Waals surface area contributed by atoms with Crippen molar-refractivity contribution in [2.24, 2.45) is 0 Å². The standard InChI is InChI=1S/C38H46N2O7S/c1-38(2,3)47-36(42)27-45-25-7-5-6-20-39-21-23-40(24-22-39)30-11-14-32(15-12-30)46-37-34(18-10-29-26-31(41)13-19-35(29)37)28-8-16-33(17-9-28)48(4,43)44/h8-19,26,41H,5-7,20-25,27H2,1-4H3. The number of phenols is 1. The van der Waals surface area contributed by atoms with E-state index in [2.05, 4.69) is 21.9 Å². The highest BCUT2D eigenvalue weighted by molar-refractivity contribution is 7.90. The monoisotopic (exact) mass is 674 g/mol. The van der Waals surface area contributed by atoms with Crippen LogP contribution in [0.5, 0.6) is 17.2 Å². The van der Waals surface area contributed by atoms with Gasteiger partial charge in [-0.1, -0.05) is 18.2 Å². The first-order valence-corrected chi connectivity index (χ1v) is 18.4. The number of fused-ring (bicyclic) bond motifs is 1. The Bertz CT molecular complexity index is 1790. The van der Waals surface area contributed by atoms with Gasteiger partial charge in [0.15, 0.2) is 9.84 Å². The summed E-state index contributed by atoms with van der Waals surface area (Å²) in [7, 11) is -3.31. The summed E-state index contributed by atoms with van der Waals surface area (Å²) in [6.45, 7) is 11.1. The summed E-state index contributed by atoms with van der Waals surface area (Å²) in [5.74, 6) is 1.17. The van der Waals surface area contributed by atoms with Gasteiger partial charge in [0.1, 0.15) is 29.5 Å². The lowest BCUT2D eigenvalue weighted by Crippen LogP contribution is -2.46. The molecule has 4 aromatic carbocycles. The molecule has 0 bridgehead atoms. The van der Waals surface area contributed by atoms with E-state index in [0.717, 1.165) is 79.6 Å². The molecular weight excluding hydrogens is 628 g/mol. The number of carbonyl (C=O) groups excluding carboxylic acids is 1. The lowest BCUT2D eigenvalue weighted by molar-refractivity contribution is -0.160. The Morgan fingerprint density at radius 2 is 1.56 bits per heavy atom. The van der Waals surface area contributed by atoms with Gasteiger partial charge in [0.05, 0.1) is 4.90 Å². The van der Waals surface area contributed by atoms with Gasteiger partial charge in [0.25, 0.3) is 0 Å². The van der Waals surface area contributed by atoms with Gasteiger partial charge in [-0.2, -0.15) is 0 Å². The lowest BCUT2D eigenvalue weighted by Gasteiger charge is -2.36. The van der Waals surface area contributed by atoms with E-state index >= 15 is 0 Å². The number of aromatic hydroxyl groups is 1. The molecule has 256 valence electrons. The Morgan fingerprint density at radius 1 is 0.854 bits per heavy atom. The summed E-state index contributed by atoms with van der Waals surface area (Å²) in [4.78, 5) is 16.9. The van der Waals surface area contributed by atoms with Crippen LogP contribution >= 0.6 is 0 Å². The molecule has 1 fully saturated rings. The molecule has 4 aromatic rings. The van der Waals surface area contributed by atoms with Crippen molar-refractivity contribution in [1.29, 1.82) is 0 Å². The zero-order valence-corrected chi connectivity index (χ0v) is 29.1. The number of carbonyl (C=O) groups is 1. The average Bonchev–Trinajstić information content (AvgIpc) is 3.04. The fourth-order valence-corrected chi connectivity index (χ4v) is 6.45. The lowest BCUT2D eigenvalue weighted by atomic mass is 9.99. The smallest absolute Gasteiger partial charge is 0.332 e. The predicted octanol–water partition coefficient (Wildman–Crippen LogP) is 7.06. The number of unbranched alkanes of at least 4 members (excludes halogenated alkanes) is 2. The molecule has 1 aliphatic rings. The van der Waals surface area contributed by atoms with Crippen LogP contribution in [-0.2, 0) is 24.1 Å². The highest BCUT2D eigenvalue weighted by atomic mass is 32.2. The molecule has 0 amide bonds. The van der Waals surface area contributed by atoms with Crippen molar-refractivity contribution in [1.82, 2.24) is 4.90 Å². The van der Waals surface area contributed by atoms with E-state index in [1.807, 2.05) is 51.1 Å². The second kappa shape index (κ2) is 15.4. The number of phenolic OH excluding ortho intramolecular Hbond substituents is 1. The van der Waals surface area contributed by atoms with Crippen LogP contribution in [0.25, 0.3) is 21.9 Å². The van der Waals surface area contributed by atoms with Gasteiger partial charge in [-0.3, -0.25) is 4.90 Å². The molecule has 9 nitrogen and oxygen atoms in total. The van der Waals surface area contributed by atoms with E-state index in [1.54, 1.807) is 36.4 Å². The van der Waals surface area contributed by atoms with Crippen LogP contribution in [0.3, 0.4) is 0 Å². The van der Waals surface area contributed by atoms with Crippen molar-refractivity contribution >= 4 is 32.3 Å². The number of hydrogen-bond donors (Lipinski definition) is 1. The van der Waals surface area contributed by atoms with Crippen molar-refractivity contribution < 1.29 is 32.5 Å².